The Kier molecular flexibility index (Phi) is 5.95. The van der Waals surface area contributed by atoms with E-state index in [0.717, 1.165) is 37.5 Å². The monoisotopic (exact) mass is 390 g/mol. The van der Waals surface area contributed by atoms with Crippen molar-refractivity contribution in [1.82, 2.24) is 19.7 Å². The van der Waals surface area contributed by atoms with Crippen molar-refractivity contribution in [2.24, 2.45) is 7.05 Å². The van der Waals surface area contributed by atoms with E-state index in [1.807, 2.05) is 30.1 Å². The SMILES string of the molecule is COc1ccc(Cc2cc(C)nc(C3CCN(Cc4cnn(C)c4)CC3)c2)cc1. The lowest BCUT2D eigenvalue weighted by atomic mass is 9.91. The van der Waals surface area contributed by atoms with Gasteiger partial charge in [-0.15, -0.1) is 0 Å². The van der Waals surface area contributed by atoms with E-state index in [4.69, 9.17) is 9.72 Å². The van der Waals surface area contributed by atoms with Crippen LogP contribution in [0.25, 0.3) is 0 Å². The van der Waals surface area contributed by atoms with Crippen LogP contribution in [-0.2, 0) is 20.0 Å². The topological polar surface area (TPSA) is 43.2 Å². The number of likely N-dealkylation sites (tertiary alicyclic amines) is 1. The molecule has 1 fully saturated rings. The Balaban J connectivity index is 1.39. The average molecular weight is 391 g/mol. The van der Waals surface area contributed by atoms with Gasteiger partial charge in [-0.3, -0.25) is 14.6 Å². The lowest BCUT2D eigenvalue weighted by Crippen LogP contribution is -2.32. The number of pyridine rings is 1. The zero-order chi connectivity index (χ0) is 20.2. The van der Waals surface area contributed by atoms with Crippen LogP contribution in [0, 0.1) is 6.92 Å². The molecule has 0 amide bonds. The minimum absolute atomic E-state index is 0.551. The van der Waals surface area contributed by atoms with E-state index in [1.54, 1.807) is 7.11 Å². The van der Waals surface area contributed by atoms with Crippen molar-refractivity contribution in [3.05, 3.63) is 76.9 Å². The van der Waals surface area contributed by atoms with Crippen LogP contribution in [0.5, 0.6) is 5.75 Å². The van der Waals surface area contributed by atoms with Crippen molar-refractivity contribution in [3.8, 4) is 5.75 Å². The molecule has 3 aromatic rings. The average Bonchev–Trinajstić information content (AvgIpc) is 3.13. The minimum atomic E-state index is 0.551. The van der Waals surface area contributed by atoms with E-state index in [9.17, 15) is 0 Å². The number of hydrogen-bond donors (Lipinski definition) is 0. The molecule has 1 saturated heterocycles. The molecule has 152 valence electrons. The fraction of sp³-hybridized carbons (Fsp3) is 0.417. The maximum atomic E-state index is 5.27. The third-order valence-corrected chi connectivity index (χ3v) is 5.77. The molecule has 0 radical (unpaired) electrons. The van der Waals surface area contributed by atoms with Gasteiger partial charge in [0.25, 0.3) is 0 Å². The van der Waals surface area contributed by atoms with Gasteiger partial charge in [0.15, 0.2) is 0 Å². The molecule has 5 heteroatoms. The van der Waals surface area contributed by atoms with Crippen LogP contribution in [0.15, 0.2) is 48.8 Å². The zero-order valence-corrected chi connectivity index (χ0v) is 17.6. The molecule has 1 aliphatic heterocycles. The molecule has 0 unspecified atom stereocenters. The number of rotatable bonds is 6. The summed E-state index contributed by atoms with van der Waals surface area (Å²) in [5, 5.41) is 4.28. The maximum absolute atomic E-state index is 5.27. The van der Waals surface area contributed by atoms with Crippen LogP contribution < -0.4 is 4.74 Å². The number of hydrogen-bond acceptors (Lipinski definition) is 4. The number of aromatic nitrogens is 3. The number of methoxy groups -OCH3 is 1. The summed E-state index contributed by atoms with van der Waals surface area (Å²) in [7, 11) is 3.68. The van der Waals surface area contributed by atoms with Gasteiger partial charge in [0.2, 0.25) is 0 Å². The Morgan fingerprint density at radius 2 is 1.79 bits per heavy atom. The van der Waals surface area contributed by atoms with Gasteiger partial charge in [-0.05, 0) is 74.7 Å². The molecular weight excluding hydrogens is 360 g/mol. The van der Waals surface area contributed by atoms with Crippen molar-refractivity contribution in [1.29, 1.82) is 0 Å². The molecular formula is C24H30N4O. The molecule has 1 aliphatic rings. The van der Waals surface area contributed by atoms with Crippen molar-refractivity contribution in [2.75, 3.05) is 20.2 Å². The van der Waals surface area contributed by atoms with Crippen LogP contribution in [0.1, 0.15) is 46.8 Å². The minimum Gasteiger partial charge on any atom is -0.497 e. The van der Waals surface area contributed by atoms with Gasteiger partial charge in [0.1, 0.15) is 5.75 Å². The number of ether oxygens (including phenoxy) is 1. The van der Waals surface area contributed by atoms with E-state index in [1.165, 1.54) is 35.2 Å². The van der Waals surface area contributed by atoms with Crippen LogP contribution >= 0.6 is 0 Å². The molecule has 0 N–H and O–H groups in total. The number of benzene rings is 1. The highest BCUT2D eigenvalue weighted by molar-refractivity contribution is 5.33. The Morgan fingerprint density at radius 1 is 1.03 bits per heavy atom. The van der Waals surface area contributed by atoms with Crippen LogP contribution in [-0.4, -0.2) is 39.9 Å². The maximum Gasteiger partial charge on any atom is 0.118 e. The summed E-state index contributed by atoms with van der Waals surface area (Å²) in [4.78, 5) is 7.42. The number of aryl methyl sites for hydroxylation is 2. The lowest BCUT2D eigenvalue weighted by molar-refractivity contribution is 0.203. The van der Waals surface area contributed by atoms with Crippen LogP contribution in [0.2, 0.25) is 0 Å². The van der Waals surface area contributed by atoms with E-state index in [0.29, 0.717) is 5.92 Å². The highest BCUT2D eigenvalue weighted by atomic mass is 16.5. The predicted molar refractivity (Wildman–Crippen MR) is 115 cm³/mol. The van der Waals surface area contributed by atoms with Crippen molar-refractivity contribution >= 4 is 0 Å². The largest absolute Gasteiger partial charge is 0.497 e. The quantitative estimate of drug-likeness (QED) is 0.635. The molecule has 0 bridgehead atoms. The normalized spacial score (nSPS) is 15.6. The molecule has 0 spiro atoms. The summed E-state index contributed by atoms with van der Waals surface area (Å²) in [6.07, 6.45) is 7.34. The summed E-state index contributed by atoms with van der Waals surface area (Å²) >= 11 is 0. The fourth-order valence-electron chi connectivity index (χ4n) is 4.26. The Hall–Kier alpha value is -2.66. The molecule has 2 aromatic heterocycles. The molecule has 5 nitrogen and oxygen atoms in total. The molecule has 1 aromatic carbocycles. The Labute approximate surface area is 173 Å². The second-order valence-electron chi connectivity index (χ2n) is 8.14. The summed E-state index contributed by atoms with van der Waals surface area (Å²) in [5.41, 5.74) is 6.31. The van der Waals surface area contributed by atoms with E-state index in [-0.39, 0.29) is 0 Å². The van der Waals surface area contributed by atoms with Crippen molar-refractivity contribution in [3.63, 3.8) is 0 Å². The first-order chi connectivity index (χ1) is 14.1. The third-order valence-electron chi connectivity index (χ3n) is 5.77. The van der Waals surface area contributed by atoms with Gasteiger partial charge in [0, 0.05) is 42.7 Å². The first kappa shape index (κ1) is 19.6. The number of nitrogens with zero attached hydrogens (tertiary/aromatic N) is 4. The highest BCUT2D eigenvalue weighted by Crippen LogP contribution is 2.29. The van der Waals surface area contributed by atoms with Crippen molar-refractivity contribution in [2.45, 2.75) is 38.6 Å². The van der Waals surface area contributed by atoms with E-state index < -0.39 is 0 Å². The second kappa shape index (κ2) is 8.78. The molecule has 3 heterocycles. The summed E-state index contributed by atoms with van der Waals surface area (Å²) in [6.45, 7) is 5.33. The first-order valence-corrected chi connectivity index (χ1v) is 10.4. The Morgan fingerprint density at radius 3 is 2.45 bits per heavy atom. The van der Waals surface area contributed by atoms with Crippen LogP contribution in [0.4, 0.5) is 0 Å². The van der Waals surface area contributed by atoms with Gasteiger partial charge < -0.3 is 4.74 Å². The smallest absolute Gasteiger partial charge is 0.118 e. The second-order valence-corrected chi connectivity index (χ2v) is 8.14. The fourth-order valence-corrected chi connectivity index (χ4v) is 4.26. The predicted octanol–water partition coefficient (Wildman–Crippen LogP) is 4.10. The molecule has 29 heavy (non-hydrogen) atoms. The van der Waals surface area contributed by atoms with Gasteiger partial charge in [-0.1, -0.05) is 12.1 Å². The third kappa shape index (κ3) is 5.04. The summed E-state index contributed by atoms with van der Waals surface area (Å²) in [5.74, 6) is 1.45. The van der Waals surface area contributed by atoms with Crippen LogP contribution in [0.3, 0.4) is 0 Å². The molecule has 0 aliphatic carbocycles. The first-order valence-electron chi connectivity index (χ1n) is 10.4. The van der Waals surface area contributed by atoms with Gasteiger partial charge in [-0.2, -0.15) is 5.10 Å². The molecule has 4 rings (SSSR count). The number of piperidine rings is 1. The Bertz CT molecular complexity index is 940. The standard InChI is InChI=1S/C24H30N4O/c1-18-12-20(13-19-4-6-23(29-3)7-5-19)14-24(26-18)22-8-10-28(11-9-22)17-21-15-25-27(2)16-21/h4-7,12,14-16,22H,8-11,13,17H2,1-3H3. The summed E-state index contributed by atoms with van der Waals surface area (Å²) < 4.78 is 7.14. The van der Waals surface area contributed by atoms with Crippen molar-refractivity contribution < 1.29 is 4.74 Å². The summed E-state index contributed by atoms with van der Waals surface area (Å²) in [6, 6.07) is 12.9. The highest BCUT2D eigenvalue weighted by Gasteiger charge is 2.22. The molecule has 0 atom stereocenters. The zero-order valence-electron chi connectivity index (χ0n) is 17.6. The van der Waals surface area contributed by atoms with Gasteiger partial charge >= 0.3 is 0 Å². The molecule has 0 saturated carbocycles. The van der Waals surface area contributed by atoms with E-state index >= 15 is 0 Å². The van der Waals surface area contributed by atoms with Gasteiger partial charge in [0.05, 0.1) is 13.3 Å². The van der Waals surface area contributed by atoms with E-state index in [2.05, 4.69) is 47.4 Å². The van der Waals surface area contributed by atoms with Gasteiger partial charge in [-0.25, -0.2) is 0 Å². The lowest BCUT2D eigenvalue weighted by Gasteiger charge is -2.31.